The van der Waals surface area contributed by atoms with Crippen molar-refractivity contribution >= 4 is 15.9 Å². The van der Waals surface area contributed by atoms with Gasteiger partial charge in [-0.05, 0) is 56.4 Å². The lowest BCUT2D eigenvalue weighted by Gasteiger charge is -2.31. The molecule has 0 amide bonds. The number of benzene rings is 1. The molecule has 0 heterocycles. The summed E-state index contributed by atoms with van der Waals surface area (Å²) in [5.41, 5.74) is 1.22. The number of hydrogen-bond donors (Lipinski definition) is 1. The smallest absolute Gasteiger partial charge is 0.123 e. The van der Waals surface area contributed by atoms with E-state index in [0.29, 0.717) is 0 Å². The van der Waals surface area contributed by atoms with E-state index in [1.165, 1.54) is 6.07 Å². The van der Waals surface area contributed by atoms with Crippen molar-refractivity contribution in [3.63, 3.8) is 0 Å². The monoisotopic (exact) mass is 315 g/mol. The van der Waals surface area contributed by atoms with Gasteiger partial charge in [0.05, 0.1) is 0 Å². The van der Waals surface area contributed by atoms with Crippen LogP contribution in [0.3, 0.4) is 0 Å². The Bertz CT molecular complexity index is 407. The van der Waals surface area contributed by atoms with E-state index in [2.05, 4.69) is 55.9 Å². The van der Waals surface area contributed by atoms with E-state index in [4.69, 9.17) is 0 Å². The van der Waals surface area contributed by atoms with Gasteiger partial charge >= 0.3 is 0 Å². The van der Waals surface area contributed by atoms with Gasteiger partial charge in [-0.3, -0.25) is 0 Å². The molecule has 1 rings (SSSR count). The molecule has 0 radical (unpaired) electrons. The van der Waals surface area contributed by atoms with Crippen LogP contribution < -0.4 is 5.32 Å². The van der Waals surface area contributed by atoms with Gasteiger partial charge in [0.25, 0.3) is 0 Å². The van der Waals surface area contributed by atoms with Gasteiger partial charge in [0, 0.05) is 16.6 Å². The maximum atomic E-state index is 13.3. The highest BCUT2D eigenvalue weighted by molar-refractivity contribution is 9.10. The van der Waals surface area contributed by atoms with Crippen LogP contribution >= 0.6 is 15.9 Å². The van der Waals surface area contributed by atoms with Crippen molar-refractivity contribution in [2.24, 2.45) is 5.41 Å². The molecule has 0 fully saturated rings. The minimum atomic E-state index is -0.173. The average Bonchev–Trinajstić information content (AvgIpc) is 2.20. The molecule has 0 aliphatic carbocycles. The zero-order chi connectivity index (χ0) is 14.0. The molecular weight excluding hydrogens is 293 g/mol. The van der Waals surface area contributed by atoms with Gasteiger partial charge < -0.3 is 5.32 Å². The third-order valence-corrected chi connectivity index (χ3v) is 3.55. The number of rotatable bonds is 4. The summed E-state index contributed by atoms with van der Waals surface area (Å²) in [4.78, 5) is 0. The fourth-order valence-corrected chi connectivity index (χ4v) is 2.15. The third kappa shape index (κ3) is 5.49. The zero-order valence-electron chi connectivity index (χ0n) is 11.9. The molecule has 1 N–H and O–H groups in total. The first-order valence-corrected chi connectivity index (χ1v) is 7.07. The normalized spacial score (nSPS) is 12.8. The second kappa shape index (κ2) is 5.70. The zero-order valence-corrected chi connectivity index (χ0v) is 13.5. The Morgan fingerprint density at radius 3 is 2.33 bits per heavy atom. The van der Waals surface area contributed by atoms with Gasteiger partial charge in [-0.1, -0.05) is 29.8 Å². The predicted molar refractivity (Wildman–Crippen MR) is 79.3 cm³/mol. The standard InChI is InChI=1S/C15H23BrFN/c1-14(2,3)18-10-15(4,5)9-11-8-12(17)6-7-13(11)16/h6-8,18H,9-10H2,1-5H3. The second-order valence-corrected chi connectivity index (χ2v) is 7.53. The van der Waals surface area contributed by atoms with E-state index in [-0.39, 0.29) is 16.8 Å². The molecule has 0 atom stereocenters. The van der Waals surface area contributed by atoms with Gasteiger partial charge in [0.2, 0.25) is 0 Å². The van der Waals surface area contributed by atoms with Crippen molar-refractivity contribution in [2.45, 2.75) is 46.6 Å². The molecule has 0 saturated heterocycles. The molecule has 18 heavy (non-hydrogen) atoms. The molecule has 0 aromatic heterocycles. The largest absolute Gasteiger partial charge is 0.312 e. The van der Waals surface area contributed by atoms with Gasteiger partial charge in [-0.15, -0.1) is 0 Å². The van der Waals surface area contributed by atoms with Crippen LogP contribution in [0.1, 0.15) is 40.2 Å². The Morgan fingerprint density at radius 2 is 1.78 bits per heavy atom. The molecule has 1 nitrogen and oxygen atoms in total. The van der Waals surface area contributed by atoms with E-state index in [9.17, 15) is 4.39 Å². The summed E-state index contributed by atoms with van der Waals surface area (Å²) in [5, 5.41) is 3.51. The number of nitrogens with one attached hydrogen (secondary N) is 1. The summed E-state index contributed by atoms with van der Waals surface area (Å²) in [5.74, 6) is -0.173. The number of hydrogen-bond acceptors (Lipinski definition) is 1. The van der Waals surface area contributed by atoms with Gasteiger partial charge in [0.15, 0.2) is 0 Å². The average molecular weight is 316 g/mol. The van der Waals surface area contributed by atoms with Gasteiger partial charge in [-0.25, -0.2) is 4.39 Å². The minimum absolute atomic E-state index is 0.0869. The molecule has 0 aliphatic rings. The molecular formula is C15H23BrFN. The summed E-state index contributed by atoms with van der Waals surface area (Å²) < 4.78 is 14.2. The molecule has 0 saturated carbocycles. The highest BCUT2D eigenvalue weighted by Crippen LogP contribution is 2.27. The quantitative estimate of drug-likeness (QED) is 0.859. The number of halogens is 2. The predicted octanol–water partition coefficient (Wildman–Crippen LogP) is 4.55. The summed E-state index contributed by atoms with van der Waals surface area (Å²) in [6.45, 7) is 11.8. The fourth-order valence-electron chi connectivity index (χ4n) is 1.76. The summed E-state index contributed by atoms with van der Waals surface area (Å²) in [6.07, 6.45) is 0.842. The first-order valence-electron chi connectivity index (χ1n) is 6.28. The van der Waals surface area contributed by atoms with Gasteiger partial charge in [-0.2, -0.15) is 0 Å². The SMILES string of the molecule is CC(C)(CNC(C)(C)C)Cc1cc(F)ccc1Br. The van der Waals surface area contributed by atoms with E-state index < -0.39 is 0 Å². The van der Waals surface area contributed by atoms with Crippen LogP contribution in [0.5, 0.6) is 0 Å². The lowest BCUT2D eigenvalue weighted by Crippen LogP contribution is -2.42. The van der Waals surface area contributed by atoms with Crippen molar-refractivity contribution in [3.05, 3.63) is 34.1 Å². The molecule has 1 aromatic carbocycles. The first kappa shape index (κ1) is 15.6. The lowest BCUT2D eigenvalue weighted by atomic mass is 9.85. The lowest BCUT2D eigenvalue weighted by molar-refractivity contribution is 0.288. The minimum Gasteiger partial charge on any atom is -0.312 e. The van der Waals surface area contributed by atoms with Crippen molar-refractivity contribution in [1.29, 1.82) is 0 Å². The van der Waals surface area contributed by atoms with Crippen LogP contribution in [0, 0.1) is 11.2 Å². The van der Waals surface area contributed by atoms with Crippen LogP contribution in [0.25, 0.3) is 0 Å². The Morgan fingerprint density at radius 1 is 1.17 bits per heavy atom. The second-order valence-electron chi connectivity index (χ2n) is 6.68. The Hall–Kier alpha value is -0.410. The molecule has 0 aliphatic heterocycles. The summed E-state index contributed by atoms with van der Waals surface area (Å²) in [7, 11) is 0. The van der Waals surface area contributed by atoms with Crippen LogP contribution in [-0.2, 0) is 6.42 Å². The Labute approximate surface area is 118 Å². The third-order valence-electron chi connectivity index (χ3n) is 2.77. The molecule has 0 spiro atoms. The molecule has 1 aromatic rings. The van der Waals surface area contributed by atoms with E-state index >= 15 is 0 Å². The summed E-state index contributed by atoms with van der Waals surface area (Å²) in [6, 6.07) is 4.87. The topological polar surface area (TPSA) is 12.0 Å². The highest BCUT2D eigenvalue weighted by atomic mass is 79.9. The van der Waals surface area contributed by atoms with Crippen molar-refractivity contribution in [3.8, 4) is 0 Å². The Kier molecular flexibility index (Phi) is 4.96. The van der Waals surface area contributed by atoms with E-state index in [1.807, 2.05) is 0 Å². The van der Waals surface area contributed by atoms with Crippen molar-refractivity contribution in [1.82, 2.24) is 5.32 Å². The molecule has 102 valence electrons. The van der Waals surface area contributed by atoms with Crippen molar-refractivity contribution in [2.75, 3.05) is 6.54 Å². The Balaban J connectivity index is 2.72. The van der Waals surface area contributed by atoms with Crippen LogP contribution in [0.2, 0.25) is 0 Å². The van der Waals surface area contributed by atoms with Crippen molar-refractivity contribution < 1.29 is 4.39 Å². The molecule has 0 bridgehead atoms. The highest BCUT2D eigenvalue weighted by Gasteiger charge is 2.22. The van der Waals surface area contributed by atoms with Gasteiger partial charge in [0.1, 0.15) is 5.82 Å². The maximum absolute atomic E-state index is 13.3. The van der Waals surface area contributed by atoms with Crippen LogP contribution in [-0.4, -0.2) is 12.1 Å². The fraction of sp³-hybridized carbons (Fsp3) is 0.600. The maximum Gasteiger partial charge on any atom is 0.123 e. The molecule has 0 unspecified atom stereocenters. The first-order chi connectivity index (χ1) is 8.09. The van der Waals surface area contributed by atoms with E-state index in [0.717, 1.165) is 23.0 Å². The van der Waals surface area contributed by atoms with E-state index in [1.54, 1.807) is 12.1 Å². The van der Waals surface area contributed by atoms with Crippen LogP contribution in [0.4, 0.5) is 4.39 Å². The summed E-state index contributed by atoms with van der Waals surface area (Å²) >= 11 is 3.49. The molecule has 3 heteroatoms. The van der Waals surface area contributed by atoms with Crippen LogP contribution in [0.15, 0.2) is 22.7 Å².